The first kappa shape index (κ1) is 21.9. The van der Waals surface area contributed by atoms with E-state index >= 15 is 0 Å². The molecule has 0 saturated heterocycles. The lowest BCUT2D eigenvalue weighted by Crippen LogP contribution is -2.23. The predicted octanol–water partition coefficient (Wildman–Crippen LogP) is 5.15. The molecule has 5 nitrogen and oxygen atoms in total. The van der Waals surface area contributed by atoms with Crippen LogP contribution in [0.2, 0.25) is 5.02 Å². The van der Waals surface area contributed by atoms with Crippen LogP contribution in [0.3, 0.4) is 0 Å². The first-order valence-corrected chi connectivity index (χ1v) is 10.6. The molecule has 0 aliphatic rings. The number of rotatable bonds is 8. The molecule has 0 spiro atoms. The van der Waals surface area contributed by atoms with Crippen LogP contribution in [0.4, 0.5) is 5.82 Å². The molecule has 30 heavy (non-hydrogen) atoms. The van der Waals surface area contributed by atoms with Crippen molar-refractivity contribution in [2.24, 2.45) is 0 Å². The van der Waals surface area contributed by atoms with Crippen molar-refractivity contribution in [1.82, 2.24) is 14.9 Å². The van der Waals surface area contributed by atoms with Crippen LogP contribution in [0.5, 0.6) is 0 Å². The summed E-state index contributed by atoms with van der Waals surface area (Å²) in [6.07, 6.45) is 2.69. The van der Waals surface area contributed by atoms with Gasteiger partial charge in [-0.15, -0.1) is 0 Å². The summed E-state index contributed by atoms with van der Waals surface area (Å²) in [4.78, 5) is 24.1. The molecular weight excluding hydrogens is 396 g/mol. The number of ketones is 1. The Morgan fingerprint density at radius 3 is 2.50 bits per heavy atom. The fraction of sp³-hybridized carbons (Fsp3) is 0.292. The maximum Gasteiger partial charge on any atom is 0.215 e. The maximum atomic E-state index is 13.0. The summed E-state index contributed by atoms with van der Waals surface area (Å²) in [7, 11) is 0. The molecule has 0 aliphatic heterocycles. The number of halogens is 1. The van der Waals surface area contributed by atoms with Crippen molar-refractivity contribution in [3.05, 3.63) is 76.1 Å². The van der Waals surface area contributed by atoms with E-state index in [1.807, 2.05) is 49.4 Å². The van der Waals surface area contributed by atoms with Crippen LogP contribution in [0, 0.1) is 6.92 Å². The van der Waals surface area contributed by atoms with Gasteiger partial charge in [-0.2, -0.15) is 0 Å². The van der Waals surface area contributed by atoms with E-state index in [0.29, 0.717) is 16.3 Å². The average molecular weight is 423 g/mol. The maximum absolute atomic E-state index is 13.0. The highest BCUT2D eigenvalue weighted by molar-refractivity contribution is 6.31. The molecule has 0 saturated carbocycles. The van der Waals surface area contributed by atoms with Crippen molar-refractivity contribution in [3.63, 3.8) is 0 Å². The van der Waals surface area contributed by atoms with Gasteiger partial charge in [0, 0.05) is 22.7 Å². The van der Waals surface area contributed by atoms with Crippen LogP contribution in [0.25, 0.3) is 11.3 Å². The largest absolute Gasteiger partial charge is 0.382 e. The molecule has 6 heteroatoms. The molecule has 0 aliphatic carbocycles. The van der Waals surface area contributed by atoms with E-state index in [1.54, 1.807) is 6.20 Å². The summed E-state index contributed by atoms with van der Waals surface area (Å²) in [5.41, 5.74) is 10.2. The van der Waals surface area contributed by atoms with Gasteiger partial charge in [0.25, 0.3) is 0 Å². The zero-order chi connectivity index (χ0) is 21.7. The van der Waals surface area contributed by atoms with Crippen molar-refractivity contribution < 1.29 is 4.79 Å². The number of aryl methyl sites for hydroxylation is 1. The summed E-state index contributed by atoms with van der Waals surface area (Å²) >= 11 is 6.11. The molecule has 1 aromatic heterocycles. The fourth-order valence-corrected chi connectivity index (χ4v) is 3.45. The van der Waals surface area contributed by atoms with Gasteiger partial charge in [-0.25, -0.2) is 9.97 Å². The van der Waals surface area contributed by atoms with Crippen molar-refractivity contribution in [2.45, 2.75) is 33.7 Å². The Morgan fingerprint density at radius 2 is 1.87 bits per heavy atom. The summed E-state index contributed by atoms with van der Waals surface area (Å²) in [6, 6.07) is 13.2. The number of carbonyl (C=O) groups excluding carboxylic acids is 1. The zero-order valence-electron chi connectivity index (χ0n) is 17.7. The number of benzene rings is 2. The van der Waals surface area contributed by atoms with E-state index < -0.39 is 0 Å². The van der Waals surface area contributed by atoms with Gasteiger partial charge in [0.1, 0.15) is 0 Å². The van der Waals surface area contributed by atoms with Crippen LogP contribution in [0.15, 0.2) is 48.7 Å². The molecule has 0 fully saturated rings. The lowest BCUT2D eigenvalue weighted by Gasteiger charge is -2.19. The minimum atomic E-state index is -0.236. The van der Waals surface area contributed by atoms with Crippen LogP contribution >= 0.6 is 11.6 Å². The molecule has 0 radical (unpaired) electrons. The molecule has 0 unspecified atom stereocenters. The zero-order valence-corrected chi connectivity index (χ0v) is 18.4. The molecule has 2 N–H and O–H groups in total. The molecule has 0 amide bonds. The number of anilines is 1. The van der Waals surface area contributed by atoms with Crippen molar-refractivity contribution in [3.8, 4) is 11.3 Å². The monoisotopic (exact) mass is 422 g/mol. The fourth-order valence-electron chi connectivity index (χ4n) is 3.33. The number of hydrogen-bond donors (Lipinski definition) is 1. The highest BCUT2D eigenvalue weighted by atomic mass is 35.5. The lowest BCUT2D eigenvalue weighted by atomic mass is 10.0. The van der Waals surface area contributed by atoms with Gasteiger partial charge in [-0.05, 0) is 49.7 Å². The molecule has 0 atom stereocenters. The van der Waals surface area contributed by atoms with Crippen molar-refractivity contribution in [2.75, 3.05) is 18.8 Å². The average Bonchev–Trinajstić information content (AvgIpc) is 2.76. The lowest BCUT2D eigenvalue weighted by molar-refractivity contribution is 0.103. The summed E-state index contributed by atoms with van der Waals surface area (Å²) in [5.74, 6) is -0.112. The molecule has 2 aromatic carbocycles. The topological polar surface area (TPSA) is 72.1 Å². The summed E-state index contributed by atoms with van der Waals surface area (Å²) < 4.78 is 0. The SMILES string of the molecule is CCCN(CC)Cc1ccc(C(=O)c2nc(-c3ccc(Cl)c(C)c3)cnc2N)cc1. The smallest absolute Gasteiger partial charge is 0.215 e. The van der Waals surface area contributed by atoms with Crippen molar-refractivity contribution in [1.29, 1.82) is 0 Å². The summed E-state index contributed by atoms with van der Waals surface area (Å²) in [6.45, 7) is 9.17. The number of nitrogens with two attached hydrogens (primary N) is 1. The minimum absolute atomic E-state index is 0.124. The van der Waals surface area contributed by atoms with Crippen LogP contribution in [-0.2, 0) is 6.54 Å². The van der Waals surface area contributed by atoms with E-state index in [9.17, 15) is 4.79 Å². The third-order valence-corrected chi connectivity index (χ3v) is 5.50. The first-order chi connectivity index (χ1) is 14.4. The van der Waals surface area contributed by atoms with Crippen molar-refractivity contribution >= 4 is 23.2 Å². The third-order valence-electron chi connectivity index (χ3n) is 5.08. The molecular formula is C24H27ClN4O. The third kappa shape index (κ3) is 5.04. The molecule has 1 heterocycles. The number of nitrogen functional groups attached to an aromatic ring is 1. The second-order valence-corrected chi connectivity index (χ2v) is 7.76. The number of aromatic nitrogens is 2. The van der Waals surface area contributed by atoms with E-state index in [2.05, 4.69) is 28.7 Å². The predicted molar refractivity (Wildman–Crippen MR) is 123 cm³/mol. The Morgan fingerprint density at radius 1 is 1.13 bits per heavy atom. The summed E-state index contributed by atoms with van der Waals surface area (Å²) in [5, 5.41) is 0.680. The Kier molecular flexibility index (Phi) is 7.19. The minimum Gasteiger partial charge on any atom is -0.382 e. The number of hydrogen-bond acceptors (Lipinski definition) is 5. The second kappa shape index (κ2) is 9.83. The Bertz CT molecular complexity index is 1030. The van der Waals surface area contributed by atoms with Crippen LogP contribution in [0.1, 0.15) is 47.4 Å². The van der Waals surface area contributed by atoms with Crippen LogP contribution < -0.4 is 5.73 Å². The van der Waals surface area contributed by atoms with Gasteiger partial charge >= 0.3 is 0 Å². The Balaban J connectivity index is 1.85. The van der Waals surface area contributed by atoms with Crippen LogP contribution in [-0.4, -0.2) is 33.7 Å². The molecule has 3 aromatic rings. The van der Waals surface area contributed by atoms with E-state index in [4.69, 9.17) is 17.3 Å². The highest BCUT2D eigenvalue weighted by Gasteiger charge is 2.17. The van der Waals surface area contributed by atoms with Gasteiger partial charge < -0.3 is 5.73 Å². The molecule has 156 valence electrons. The van der Waals surface area contributed by atoms with Gasteiger partial charge in [0.05, 0.1) is 11.9 Å². The first-order valence-electron chi connectivity index (χ1n) is 10.2. The standard InChI is InChI=1S/C24H27ClN4O/c1-4-12-29(5-2)15-17-6-8-18(9-7-17)23(30)22-24(26)27-14-21(28-22)19-10-11-20(25)16(3)13-19/h6-11,13-14H,4-5,12,15H2,1-3H3,(H2,26,27). The van der Waals surface area contributed by atoms with Gasteiger partial charge in [0.15, 0.2) is 11.5 Å². The van der Waals surface area contributed by atoms with Gasteiger partial charge in [-0.3, -0.25) is 9.69 Å². The Labute approximate surface area is 182 Å². The molecule has 0 bridgehead atoms. The highest BCUT2D eigenvalue weighted by Crippen LogP contribution is 2.25. The van der Waals surface area contributed by atoms with Gasteiger partial charge in [0.2, 0.25) is 5.78 Å². The normalized spacial score (nSPS) is 11.1. The van der Waals surface area contributed by atoms with Gasteiger partial charge in [-0.1, -0.05) is 55.8 Å². The quantitative estimate of drug-likeness (QED) is 0.508. The Hall–Kier alpha value is -2.76. The number of carbonyl (C=O) groups is 1. The van der Waals surface area contributed by atoms with E-state index in [-0.39, 0.29) is 17.3 Å². The molecule has 3 rings (SSSR count). The van der Waals surface area contributed by atoms with E-state index in [0.717, 1.165) is 37.2 Å². The second-order valence-electron chi connectivity index (χ2n) is 7.35. The van der Waals surface area contributed by atoms with E-state index in [1.165, 1.54) is 5.56 Å². The number of nitrogens with zero attached hydrogens (tertiary/aromatic N) is 3.